The van der Waals surface area contributed by atoms with E-state index in [4.69, 9.17) is 0 Å². The lowest BCUT2D eigenvalue weighted by atomic mass is 10.0. The molecule has 2 aromatic rings. The molecule has 0 spiro atoms. The molecule has 0 aromatic heterocycles. The second-order valence-electron chi connectivity index (χ2n) is 6.42. The zero-order valence-corrected chi connectivity index (χ0v) is 15.0. The Morgan fingerprint density at radius 3 is 2.19 bits per heavy atom. The maximum absolute atomic E-state index is 12.1. The normalized spacial score (nSPS) is 18.2. The molecule has 1 heterocycles. The van der Waals surface area contributed by atoms with E-state index in [1.807, 2.05) is 42.5 Å². The molecule has 2 aromatic carbocycles. The van der Waals surface area contributed by atoms with Gasteiger partial charge in [0.2, 0.25) is 5.91 Å². The fourth-order valence-corrected chi connectivity index (χ4v) is 4.85. The molecular weight excluding hydrogens is 352 g/mol. The summed E-state index contributed by atoms with van der Waals surface area (Å²) in [6, 6.07) is 16.9. The summed E-state index contributed by atoms with van der Waals surface area (Å²) in [4.78, 5) is 24.0. The lowest BCUT2D eigenvalue weighted by Crippen LogP contribution is -2.42. The highest BCUT2D eigenvalue weighted by atomic mass is 32.2. The summed E-state index contributed by atoms with van der Waals surface area (Å²) in [5.41, 5.74) is 7.19. The van der Waals surface area contributed by atoms with Crippen LogP contribution in [0.5, 0.6) is 0 Å². The molecule has 2 amide bonds. The lowest BCUT2D eigenvalue weighted by Gasteiger charge is -2.10. The molecular formula is C19H20N2O4S. The molecule has 1 unspecified atom stereocenters. The van der Waals surface area contributed by atoms with Gasteiger partial charge in [0, 0.05) is 12.0 Å². The molecule has 3 rings (SSSR count). The molecule has 1 aliphatic heterocycles. The van der Waals surface area contributed by atoms with Crippen molar-refractivity contribution in [2.75, 3.05) is 11.5 Å². The smallest absolute Gasteiger partial charge is 0.269 e. The largest absolute Gasteiger partial charge is 0.273 e. The summed E-state index contributed by atoms with van der Waals surface area (Å²) in [5, 5.41) is 0. The van der Waals surface area contributed by atoms with Crippen molar-refractivity contribution in [2.24, 2.45) is 5.92 Å². The van der Waals surface area contributed by atoms with Gasteiger partial charge >= 0.3 is 0 Å². The Bertz CT molecular complexity index is 893. The Kier molecular flexibility index (Phi) is 5.37. The first-order valence-electron chi connectivity index (χ1n) is 8.38. The molecule has 0 aliphatic carbocycles. The molecule has 1 atom stereocenters. The van der Waals surface area contributed by atoms with Crippen LogP contribution in [0.3, 0.4) is 0 Å². The first-order valence-corrected chi connectivity index (χ1v) is 10.2. The zero-order chi connectivity index (χ0) is 18.6. The summed E-state index contributed by atoms with van der Waals surface area (Å²) in [6.07, 6.45) is 0.580. The van der Waals surface area contributed by atoms with Crippen molar-refractivity contribution in [1.82, 2.24) is 10.9 Å². The van der Waals surface area contributed by atoms with Gasteiger partial charge in [-0.2, -0.15) is 0 Å². The predicted octanol–water partition coefficient (Wildman–Crippen LogP) is 1.94. The second kappa shape index (κ2) is 7.70. The third kappa shape index (κ3) is 4.70. The van der Waals surface area contributed by atoms with Gasteiger partial charge in [-0.05, 0) is 35.6 Å². The molecule has 2 N–H and O–H groups in total. The van der Waals surface area contributed by atoms with Gasteiger partial charge < -0.3 is 0 Å². The van der Waals surface area contributed by atoms with Crippen molar-refractivity contribution in [3.63, 3.8) is 0 Å². The molecule has 0 saturated carbocycles. The van der Waals surface area contributed by atoms with Gasteiger partial charge in [-0.3, -0.25) is 20.4 Å². The molecule has 136 valence electrons. The van der Waals surface area contributed by atoms with Crippen molar-refractivity contribution < 1.29 is 18.0 Å². The van der Waals surface area contributed by atoms with E-state index in [2.05, 4.69) is 10.9 Å². The molecule has 1 aliphatic rings. The van der Waals surface area contributed by atoms with Crippen LogP contribution in [0.25, 0.3) is 11.1 Å². The number of hydrazine groups is 1. The number of carbonyl (C=O) groups excluding carboxylic acids is 2. The molecule has 1 saturated heterocycles. The topological polar surface area (TPSA) is 92.3 Å². The Balaban J connectivity index is 1.51. The Hall–Kier alpha value is -2.67. The molecule has 6 nitrogen and oxygen atoms in total. The quantitative estimate of drug-likeness (QED) is 0.802. The third-order valence-corrected chi connectivity index (χ3v) is 6.21. The van der Waals surface area contributed by atoms with Crippen LogP contribution in [-0.4, -0.2) is 31.7 Å². The number of hydrogen-bond donors (Lipinski definition) is 2. The SMILES string of the molecule is O=C(CC1CCS(=O)(=O)C1)NNC(=O)c1ccc(-c2ccccc2)cc1. The Labute approximate surface area is 152 Å². The summed E-state index contributed by atoms with van der Waals surface area (Å²) in [5.74, 6) is -0.819. The Morgan fingerprint density at radius 1 is 0.923 bits per heavy atom. The minimum atomic E-state index is -3.01. The summed E-state index contributed by atoms with van der Waals surface area (Å²) in [7, 11) is -3.01. The van der Waals surface area contributed by atoms with Crippen LogP contribution in [0.15, 0.2) is 54.6 Å². The number of carbonyl (C=O) groups is 2. The molecule has 26 heavy (non-hydrogen) atoms. The fraction of sp³-hybridized carbons (Fsp3) is 0.263. The van der Waals surface area contributed by atoms with E-state index in [9.17, 15) is 18.0 Å². The molecule has 1 fully saturated rings. The van der Waals surface area contributed by atoms with E-state index < -0.39 is 15.7 Å². The van der Waals surface area contributed by atoms with Crippen LogP contribution in [0.4, 0.5) is 0 Å². The summed E-state index contributed by atoms with van der Waals surface area (Å²) in [6.45, 7) is 0. The predicted molar refractivity (Wildman–Crippen MR) is 98.9 cm³/mol. The molecule has 7 heteroatoms. The van der Waals surface area contributed by atoms with E-state index in [-0.39, 0.29) is 29.8 Å². The van der Waals surface area contributed by atoms with Crippen LogP contribution in [0.2, 0.25) is 0 Å². The number of amides is 2. The maximum atomic E-state index is 12.1. The van der Waals surface area contributed by atoms with E-state index in [0.29, 0.717) is 12.0 Å². The first-order chi connectivity index (χ1) is 12.4. The number of rotatable bonds is 4. The Morgan fingerprint density at radius 2 is 1.58 bits per heavy atom. The van der Waals surface area contributed by atoms with Gasteiger partial charge in [-0.1, -0.05) is 42.5 Å². The van der Waals surface area contributed by atoms with E-state index in [0.717, 1.165) is 11.1 Å². The number of nitrogens with one attached hydrogen (secondary N) is 2. The van der Waals surface area contributed by atoms with Gasteiger partial charge in [0.05, 0.1) is 11.5 Å². The fourth-order valence-electron chi connectivity index (χ4n) is 2.99. The van der Waals surface area contributed by atoms with Crippen LogP contribution in [0.1, 0.15) is 23.2 Å². The van der Waals surface area contributed by atoms with E-state index in [1.165, 1.54) is 0 Å². The minimum absolute atomic E-state index is 0.0370. The van der Waals surface area contributed by atoms with Gasteiger partial charge in [-0.25, -0.2) is 8.42 Å². The van der Waals surface area contributed by atoms with Gasteiger partial charge in [0.25, 0.3) is 5.91 Å². The average Bonchev–Trinajstić information content (AvgIpc) is 2.99. The van der Waals surface area contributed by atoms with Crippen molar-refractivity contribution in [3.8, 4) is 11.1 Å². The van der Waals surface area contributed by atoms with Crippen molar-refractivity contribution >= 4 is 21.7 Å². The van der Waals surface area contributed by atoms with Crippen molar-refractivity contribution in [3.05, 3.63) is 60.2 Å². The summed E-state index contributed by atoms with van der Waals surface area (Å²) >= 11 is 0. The lowest BCUT2D eigenvalue weighted by molar-refractivity contribution is -0.122. The van der Waals surface area contributed by atoms with E-state index in [1.54, 1.807) is 12.1 Å². The zero-order valence-electron chi connectivity index (χ0n) is 14.1. The van der Waals surface area contributed by atoms with Crippen LogP contribution >= 0.6 is 0 Å². The highest BCUT2D eigenvalue weighted by Gasteiger charge is 2.29. The number of hydrogen-bond acceptors (Lipinski definition) is 4. The second-order valence-corrected chi connectivity index (χ2v) is 8.65. The molecule has 0 bridgehead atoms. The van der Waals surface area contributed by atoms with Crippen LogP contribution in [0, 0.1) is 5.92 Å². The van der Waals surface area contributed by atoms with Gasteiger partial charge in [0.15, 0.2) is 9.84 Å². The van der Waals surface area contributed by atoms with E-state index >= 15 is 0 Å². The van der Waals surface area contributed by atoms with Crippen LogP contribution in [-0.2, 0) is 14.6 Å². The molecule has 0 radical (unpaired) electrons. The van der Waals surface area contributed by atoms with Gasteiger partial charge in [0.1, 0.15) is 0 Å². The van der Waals surface area contributed by atoms with Crippen molar-refractivity contribution in [1.29, 1.82) is 0 Å². The highest BCUT2D eigenvalue weighted by molar-refractivity contribution is 7.91. The number of benzene rings is 2. The maximum Gasteiger partial charge on any atom is 0.269 e. The monoisotopic (exact) mass is 372 g/mol. The van der Waals surface area contributed by atoms with Crippen LogP contribution < -0.4 is 10.9 Å². The number of sulfone groups is 1. The van der Waals surface area contributed by atoms with Gasteiger partial charge in [-0.15, -0.1) is 0 Å². The average molecular weight is 372 g/mol. The highest BCUT2D eigenvalue weighted by Crippen LogP contribution is 2.21. The summed E-state index contributed by atoms with van der Waals surface area (Å²) < 4.78 is 22.8. The first kappa shape index (κ1) is 18.1. The van der Waals surface area contributed by atoms with Crippen molar-refractivity contribution in [2.45, 2.75) is 12.8 Å². The third-order valence-electron chi connectivity index (χ3n) is 4.37. The minimum Gasteiger partial charge on any atom is -0.273 e. The standard InChI is InChI=1S/C19H20N2O4S/c22-18(12-14-10-11-26(24,25)13-14)20-21-19(23)17-8-6-16(7-9-17)15-4-2-1-3-5-15/h1-9,14H,10-13H2,(H,20,22)(H,21,23).